The van der Waals surface area contributed by atoms with Gasteiger partial charge in [-0.2, -0.15) is 0 Å². The van der Waals surface area contributed by atoms with Crippen LogP contribution in [-0.4, -0.2) is 26.0 Å². The Hall–Kier alpha value is -1.42. The van der Waals surface area contributed by atoms with E-state index < -0.39 is 0 Å². The summed E-state index contributed by atoms with van der Waals surface area (Å²) in [6.07, 6.45) is 0.304. The Kier molecular flexibility index (Phi) is 5.78. The van der Waals surface area contributed by atoms with Crippen LogP contribution in [0, 0.1) is 0 Å². The van der Waals surface area contributed by atoms with Crippen LogP contribution in [0.5, 0.6) is 11.5 Å². The van der Waals surface area contributed by atoms with Crippen LogP contribution in [0.2, 0.25) is 0 Å². The first-order valence-electron chi connectivity index (χ1n) is 5.69. The normalized spacial score (nSPS) is 11.8. The van der Waals surface area contributed by atoms with Gasteiger partial charge in [-0.05, 0) is 25.1 Å². The van der Waals surface area contributed by atoms with Crippen molar-refractivity contribution in [3.63, 3.8) is 0 Å². The molecule has 1 amide bonds. The molecule has 100 valence electrons. The van der Waals surface area contributed by atoms with Crippen LogP contribution in [-0.2, 0) is 4.79 Å². The summed E-state index contributed by atoms with van der Waals surface area (Å²) >= 11 is 5.53. The number of rotatable bonds is 6. The van der Waals surface area contributed by atoms with Gasteiger partial charge in [-0.15, -0.1) is 11.6 Å². The van der Waals surface area contributed by atoms with Gasteiger partial charge in [0.05, 0.1) is 20.3 Å². The van der Waals surface area contributed by atoms with Crippen molar-refractivity contribution in [1.82, 2.24) is 5.32 Å². The maximum atomic E-state index is 11.5. The van der Waals surface area contributed by atoms with Crippen molar-refractivity contribution in [1.29, 1.82) is 0 Å². The Morgan fingerprint density at radius 2 is 2.11 bits per heavy atom. The van der Waals surface area contributed by atoms with Crippen molar-refractivity contribution in [3.8, 4) is 11.5 Å². The van der Waals surface area contributed by atoms with Crippen molar-refractivity contribution in [3.05, 3.63) is 23.8 Å². The maximum Gasteiger partial charge on any atom is 0.221 e. The number of methoxy groups -OCH3 is 2. The third-order valence-electron chi connectivity index (χ3n) is 2.60. The lowest BCUT2D eigenvalue weighted by Crippen LogP contribution is -2.27. The van der Waals surface area contributed by atoms with Crippen LogP contribution < -0.4 is 14.8 Å². The Bertz CT molecular complexity index is 409. The van der Waals surface area contributed by atoms with Crippen LogP contribution in [0.15, 0.2) is 18.2 Å². The Morgan fingerprint density at radius 1 is 1.39 bits per heavy atom. The minimum absolute atomic E-state index is 0.0811. The minimum atomic E-state index is -0.161. The molecule has 0 saturated heterocycles. The first kappa shape index (κ1) is 14.6. The molecule has 0 aromatic heterocycles. The largest absolute Gasteiger partial charge is 0.497 e. The molecule has 1 unspecified atom stereocenters. The molecule has 5 heteroatoms. The molecule has 0 radical (unpaired) electrons. The van der Waals surface area contributed by atoms with E-state index in [1.165, 1.54) is 0 Å². The molecule has 4 nitrogen and oxygen atoms in total. The second kappa shape index (κ2) is 7.11. The second-order valence-corrected chi connectivity index (χ2v) is 4.21. The van der Waals surface area contributed by atoms with E-state index >= 15 is 0 Å². The van der Waals surface area contributed by atoms with Gasteiger partial charge in [0.15, 0.2) is 0 Å². The number of halogens is 1. The Balaban J connectivity index is 2.88. The molecule has 0 aliphatic carbocycles. The third-order valence-corrected chi connectivity index (χ3v) is 2.79. The lowest BCUT2D eigenvalue weighted by molar-refractivity contribution is -0.121. The molecule has 0 aliphatic heterocycles. The second-order valence-electron chi connectivity index (χ2n) is 3.84. The molecule has 0 aliphatic rings. The van der Waals surface area contributed by atoms with E-state index in [4.69, 9.17) is 21.1 Å². The standard InChI is InChI=1S/C13H18ClNO3/c1-9(15-13(16)6-7-14)11-8-10(17-2)4-5-12(11)18-3/h4-5,8-9H,6-7H2,1-3H3,(H,15,16). The summed E-state index contributed by atoms with van der Waals surface area (Å²) in [6.45, 7) is 1.89. The zero-order valence-electron chi connectivity index (χ0n) is 10.8. The highest BCUT2D eigenvalue weighted by atomic mass is 35.5. The summed E-state index contributed by atoms with van der Waals surface area (Å²) in [5.74, 6) is 1.68. The highest BCUT2D eigenvalue weighted by Gasteiger charge is 2.14. The molecule has 0 saturated carbocycles. The summed E-state index contributed by atoms with van der Waals surface area (Å²) < 4.78 is 10.4. The summed E-state index contributed by atoms with van der Waals surface area (Å²) in [5, 5.41) is 2.86. The van der Waals surface area contributed by atoms with Crippen LogP contribution >= 0.6 is 11.6 Å². The van der Waals surface area contributed by atoms with Crippen LogP contribution in [0.4, 0.5) is 0 Å². The first-order chi connectivity index (χ1) is 8.62. The number of nitrogens with one attached hydrogen (secondary N) is 1. The topological polar surface area (TPSA) is 47.6 Å². The van der Waals surface area contributed by atoms with Crippen LogP contribution in [0.1, 0.15) is 24.9 Å². The van der Waals surface area contributed by atoms with E-state index in [1.807, 2.05) is 25.1 Å². The third kappa shape index (κ3) is 3.81. The smallest absolute Gasteiger partial charge is 0.221 e. The van der Waals surface area contributed by atoms with Gasteiger partial charge in [0, 0.05) is 17.9 Å². The van der Waals surface area contributed by atoms with Gasteiger partial charge in [-0.1, -0.05) is 0 Å². The van der Waals surface area contributed by atoms with Crippen LogP contribution in [0.25, 0.3) is 0 Å². The molecule has 18 heavy (non-hydrogen) atoms. The van der Waals surface area contributed by atoms with Crippen molar-refractivity contribution < 1.29 is 14.3 Å². The van der Waals surface area contributed by atoms with Gasteiger partial charge < -0.3 is 14.8 Å². The molecule has 1 aromatic rings. The highest BCUT2D eigenvalue weighted by Crippen LogP contribution is 2.29. The van der Waals surface area contributed by atoms with Gasteiger partial charge in [0.2, 0.25) is 5.91 Å². The van der Waals surface area contributed by atoms with E-state index in [0.29, 0.717) is 12.3 Å². The van der Waals surface area contributed by atoms with Crippen LogP contribution in [0.3, 0.4) is 0 Å². The van der Waals surface area contributed by atoms with Gasteiger partial charge in [0.1, 0.15) is 11.5 Å². The zero-order chi connectivity index (χ0) is 13.5. The van der Waals surface area contributed by atoms with Gasteiger partial charge in [-0.3, -0.25) is 4.79 Å². The lowest BCUT2D eigenvalue weighted by Gasteiger charge is -2.18. The van der Waals surface area contributed by atoms with Crippen molar-refractivity contribution in [2.24, 2.45) is 0 Å². The number of carbonyl (C=O) groups excluding carboxylic acids is 1. The average Bonchev–Trinajstić information content (AvgIpc) is 2.38. The molecule has 1 atom stereocenters. The number of hydrogen-bond donors (Lipinski definition) is 1. The molecule has 0 spiro atoms. The van der Waals surface area contributed by atoms with E-state index in [-0.39, 0.29) is 11.9 Å². The molecular weight excluding hydrogens is 254 g/mol. The predicted octanol–water partition coefficient (Wildman–Crippen LogP) is 2.51. The number of carbonyl (C=O) groups is 1. The molecule has 0 bridgehead atoms. The molecule has 1 rings (SSSR count). The van der Waals surface area contributed by atoms with E-state index in [9.17, 15) is 4.79 Å². The average molecular weight is 272 g/mol. The fraction of sp³-hybridized carbons (Fsp3) is 0.462. The molecule has 0 heterocycles. The van der Waals surface area contributed by atoms with E-state index in [2.05, 4.69) is 5.32 Å². The Labute approximate surface area is 112 Å². The minimum Gasteiger partial charge on any atom is -0.497 e. The van der Waals surface area contributed by atoms with E-state index in [1.54, 1.807) is 14.2 Å². The summed E-state index contributed by atoms with van der Waals surface area (Å²) in [5.41, 5.74) is 0.875. The first-order valence-corrected chi connectivity index (χ1v) is 6.23. The number of ether oxygens (including phenoxy) is 2. The summed E-state index contributed by atoms with van der Waals surface area (Å²) in [7, 11) is 3.20. The van der Waals surface area contributed by atoms with Crippen molar-refractivity contribution >= 4 is 17.5 Å². The number of alkyl halides is 1. The Morgan fingerprint density at radius 3 is 2.67 bits per heavy atom. The predicted molar refractivity (Wildman–Crippen MR) is 71.4 cm³/mol. The highest BCUT2D eigenvalue weighted by molar-refractivity contribution is 6.18. The number of amides is 1. The molecule has 1 aromatic carbocycles. The molecule has 1 N–H and O–H groups in total. The number of hydrogen-bond acceptors (Lipinski definition) is 3. The van der Waals surface area contributed by atoms with Gasteiger partial charge in [-0.25, -0.2) is 0 Å². The summed E-state index contributed by atoms with van der Waals surface area (Å²) in [4.78, 5) is 11.5. The zero-order valence-corrected chi connectivity index (χ0v) is 11.6. The SMILES string of the molecule is COc1ccc(OC)c(C(C)NC(=O)CCCl)c1. The fourth-order valence-electron chi connectivity index (χ4n) is 1.66. The maximum absolute atomic E-state index is 11.5. The monoisotopic (exact) mass is 271 g/mol. The van der Waals surface area contributed by atoms with E-state index in [0.717, 1.165) is 17.1 Å². The van der Waals surface area contributed by atoms with Gasteiger partial charge >= 0.3 is 0 Å². The summed E-state index contributed by atoms with van der Waals surface area (Å²) in [6, 6.07) is 5.32. The quantitative estimate of drug-likeness (QED) is 0.809. The lowest BCUT2D eigenvalue weighted by atomic mass is 10.1. The fourth-order valence-corrected chi connectivity index (χ4v) is 1.83. The number of benzene rings is 1. The molecular formula is C13H18ClNO3. The van der Waals surface area contributed by atoms with Crippen molar-refractivity contribution in [2.45, 2.75) is 19.4 Å². The van der Waals surface area contributed by atoms with Crippen molar-refractivity contribution in [2.75, 3.05) is 20.1 Å². The van der Waals surface area contributed by atoms with Gasteiger partial charge in [0.25, 0.3) is 0 Å². The molecule has 0 fully saturated rings.